The highest BCUT2D eigenvalue weighted by Crippen LogP contribution is 2.26. The maximum Gasteiger partial charge on any atom is 0.317 e. The second kappa shape index (κ2) is 8.97. The van der Waals surface area contributed by atoms with Crippen LogP contribution in [0.5, 0.6) is 0 Å². The summed E-state index contributed by atoms with van der Waals surface area (Å²) < 4.78 is 14.6. The maximum atomic E-state index is 14.6. The van der Waals surface area contributed by atoms with Gasteiger partial charge in [0.05, 0.1) is 12.5 Å². The van der Waals surface area contributed by atoms with Crippen LogP contribution < -0.4 is 5.32 Å². The molecule has 28 heavy (non-hydrogen) atoms. The lowest BCUT2D eigenvalue weighted by atomic mass is 9.95. The third-order valence-corrected chi connectivity index (χ3v) is 5.26. The van der Waals surface area contributed by atoms with Gasteiger partial charge in [-0.1, -0.05) is 42.5 Å². The molecule has 3 rings (SSSR count). The number of benzene rings is 2. The largest absolute Gasteiger partial charge is 0.480 e. The maximum absolute atomic E-state index is 14.6. The molecule has 6 heteroatoms. The highest BCUT2D eigenvalue weighted by molar-refractivity contribution is 5.83. The third-order valence-electron chi connectivity index (χ3n) is 5.26. The Hall–Kier alpha value is -2.73. The first kappa shape index (κ1) is 20.0. The van der Waals surface area contributed by atoms with Crippen LogP contribution in [0.4, 0.5) is 4.39 Å². The van der Waals surface area contributed by atoms with Crippen molar-refractivity contribution in [3.63, 3.8) is 0 Å². The highest BCUT2D eigenvalue weighted by atomic mass is 19.1. The number of piperidine rings is 1. The van der Waals surface area contributed by atoms with Crippen LogP contribution in [-0.2, 0) is 9.59 Å². The predicted octanol–water partition coefficient (Wildman–Crippen LogP) is 3.26. The number of halogens is 1. The molecular weight excluding hydrogens is 359 g/mol. The summed E-state index contributed by atoms with van der Waals surface area (Å²) >= 11 is 0. The lowest BCUT2D eigenvalue weighted by Crippen LogP contribution is -2.46. The Balaban J connectivity index is 1.59. The van der Waals surface area contributed by atoms with E-state index in [-0.39, 0.29) is 24.3 Å². The summed E-state index contributed by atoms with van der Waals surface area (Å²) in [6.07, 6.45) is 1.43. The summed E-state index contributed by atoms with van der Waals surface area (Å²) in [5, 5.41) is 11.9. The number of amides is 1. The summed E-state index contributed by atoms with van der Waals surface area (Å²) in [6.45, 7) is 3.09. The normalized spacial score (nSPS) is 16.5. The van der Waals surface area contributed by atoms with E-state index in [2.05, 4.69) is 5.32 Å². The quantitative estimate of drug-likeness (QED) is 0.802. The lowest BCUT2D eigenvalue weighted by Gasteiger charge is -2.31. The van der Waals surface area contributed by atoms with Crippen molar-refractivity contribution < 1.29 is 19.1 Å². The molecular formula is C22H25FN2O3. The molecule has 1 saturated heterocycles. The van der Waals surface area contributed by atoms with E-state index in [0.29, 0.717) is 37.1 Å². The van der Waals surface area contributed by atoms with Crippen LogP contribution in [0.25, 0.3) is 11.1 Å². The topological polar surface area (TPSA) is 69.6 Å². The monoisotopic (exact) mass is 384 g/mol. The van der Waals surface area contributed by atoms with Crippen LogP contribution in [0.15, 0.2) is 48.5 Å². The fourth-order valence-corrected chi connectivity index (χ4v) is 3.56. The third kappa shape index (κ3) is 4.95. The molecule has 2 aromatic rings. The van der Waals surface area contributed by atoms with Crippen molar-refractivity contribution in [2.24, 2.45) is 0 Å². The van der Waals surface area contributed by atoms with Gasteiger partial charge in [0, 0.05) is 24.7 Å². The SMILES string of the molecule is CC(C(=O)NC1CCN(CC(=O)O)CC1)c1ccc(-c2ccccc2)c(F)c1. The summed E-state index contributed by atoms with van der Waals surface area (Å²) in [4.78, 5) is 25.2. The number of hydrogen-bond acceptors (Lipinski definition) is 3. The molecule has 1 aliphatic heterocycles. The Labute approximate surface area is 164 Å². The fourth-order valence-electron chi connectivity index (χ4n) is 3.56. The lowest BCUT2D eigenvalue weighted by molar-refractivity contribution is -0.138. The number of rotatable bonds is 6. The van der Waals surface area contributed by atoms with Gasteiger partial charge in [0.2, 0.25) is 5.91 Å². The zero-order valence-corrected chi connectivity index (χ0v) is 15.9. The van der Waals surface area contributed by atoms with Crippen LogP contribution in [0.1, 0.15) is 31.2 Å². The molecule has 0 spiro atoms. The molecule has 2 aromatic carbocycles. The number of nitrogens with one attached hydrogen (secondary N) is 1. The van der Waals surface area contributed by atoms with E-state index in [9.17, 15) is 14.0 Å². The van der Waals surface area contributed by atoms with Crippen molar-refractivity contribution in [3.8, 4) is 11.1 Å². The van der Waals surface area contributed by atoms with Gasteiger partial charge in [-0.25, -0.2) is 4.39 Å². The minimum atomic E-state index is -0.836. The summed E-state index contributed by atoms with van der Waals surface area (Å²) in [7, 11) is 0. The molecule has 0 saturated carbocycles. The van der Waals surface area contributed by atoms with Crippen molar-refractivity contribution in [1.82, 2.24) is 10.2 Å². The molecule has 0 radical (unpaired) electrons. The van der Waals surface area contributed by atoms with Gasteiger partial charge in [-0.05, 0) is 37.0 Å². The molecule has 148 valence electrons. The van der Waals surface area contributed by atoms with E-state index in [1.54, 1.807) is 19.1 Å². The van der Waals surface area contributed by atoms with E-state index < -0.39 is 11.9 Å². The molecule has 2 N–H and O–H groups in total. The average molecular weight is 384 g/mol. The molecule has 1 unspecified atom stereocenters. The van der Waals surface area contributed by atoms with Crippen LogP contribution >= 0.6 is 0 Å². The first-order valence-electron chi connectivity index (χ1n) is 9.53. The second-order valence-corrected chi connectivity index (χ2v) is 7.28. The first-order valence-corrected chi connectivity index (χ1v) is 9.53. The number of likely N-dealkylation sites (tertiary alicyclic amines) is 1. The van der Waals surface area contributed by atoms with E-state index in [1.165, 1.54) is 6.07 Å². The molecule has 1 fully saturated rings. The van der Waals surface area contributed by atoms with E-state index in [4.69, 9.17) is 5.11 Å². The van der Waals surface area contributed by atoms with Crippen LogP contribution in [0, 0.1) is 5.82 Å². The van der Waals surface area contributed by atoms with Crippen molar-refractivity contribution in [1.29, 1.82) is 0 Å². The van der Waals surface area contributed by atoms with Gasteiger partial charge in [-0.2, -0.15) is 0 Å². The van der Waals surface area contributed by atoms with Crippen molar-refractivity contribution in [2.75, 3.05) is 19.6 Å². The zero-order valence-electron chi connectivity index (χ0n) is 15.9. The summed E-state index contributed by atoms with van der Waals surface area (Å²) in [6, 6.07) is 14.3. The molecule has 0 aliphatic carbocycles. The molecule has 0 bridgehead atoms. The first-order chi connectivity index (χ1) is 13.4. The number of aliphatic carboxylic acids is 1. The number of hydrogen-bond donors (Lipinski definition) is 2. The zero-order chi connectivity index (χ0) is 20.1. The van der Waals surface area contributed by atoms with Crippen LogP contribution in [0.2, 0.25) is 0 Å². The molecule has 1 aliphatic rings. The second-order valence-electron chi connectivity index (χ2n) is 7.28. The van der Waals surface area contributed by atoms with Crippen molar-refractivity contribution >= 4 is 11.9 Å². The predicted molar refractivity (Wildman–Crippen MR) is 105 cm³/mol. The summed E-state index contributed by atoms with van der Waals surface area (Å²) in [5.41, 5.74) is 1.96. The van der Waals surface area contributed by atoms with Crippen LogP contribution in [-0.4, -0.2) is 47.6 Å². The van der Waals surface area contributed by atoms with Gasteiger partial charge in [0.25, 0.3) is 0 Å². The molecule has 1 amide bonds. The van der Waals surface area contributed by atoms with Gasteiger partial charge in [-0.3, -0.25) is 14.5 Å². The smallest absolute Gasteiger partial charge is 0.317 e. The minimum Gasteiger partial charge on any atom is -0.480 e. The van der Waals surface area contributed by atoms with E-state index in [0.717, 1.165) is 5.56 Å². The molecule has 1 atom stereocenters. The van der Waals surface area contributed by atoms with Crippen LogP contribution in [0.3, 0.4) is 0 Å². The Morgan fingerprint density at radius 2 is 1.86 bits per heavy atom. The van der Waals surface area contributed by atoms with Gasteiger partial charge in [-0.15, -0.1) is 0 Å². The number of carbonyl (C=O) groups is 2. The number of carboxylic acids is 1. The van der Waals surface area contributed by atoms with Gasteiger partial charge < -0.3 is 10.4 Å². The Bertz CT molecular complexity index is 833. The van der Waals surface area contributed by atoms with Gasteiger partial charge >= 0.3 is 5.97 Å². The van der Waals surface area contributed by atoms with E-state index >= 15 is 0 Å². The number of nitrogens with zero attached hydrogens (tertiary/aromatic N) is 1. The Morgan fingerprint density at radius 3 is 2.46 bits per heavy atom. The molecule has 5 nitrogen and oxygen atoms in total. The van der Waals surface area contributed by atoms with Gasteiger partial charge in [0.15, 0.2) is 0 Å². The standard InChI is InChI=1S/C22H25FN2O3/c1-15(22(28)24-18-9-11-25(12-10-18)14-21(26)27)17-7-8-19(20(23)13-17)16-5-3-2-4-6-16/h2-8,13,15,18H,9-12,14H2,1H3,(H,24,28)(H,26,27). The average Bonchev–Trinajstić information content (AvgIpc) is 2.69. The molecule has 1 heterocycles. The Kier molecular flexibility index (Phi) is 6.41. The Morgan fingerprint density at radius 1 is 1.18 bits per heavy atom. The highest BCUT2D eigenvalue weighted by Gasteiger charge is 2.24. The van der Waals surface area contributed by atoms with Crippen molar-refractivity contribution in [2.45, 2.75) is 31.7 Å². The number of carboxylic acid groups (broad SMARTS) is 1. The van der Waals surface area contributed by atoms with E-state index in [1.807, 2.05) is 35.2 Å². The van der Waals surface area contributed by atoms with Gasteiger partial charge in [0.1, 0.15) is 5.82 Å². The van der Waals surface area contributed by atoms with Crippen molar-refractivity contribution in [3.05, 3.63) is 59.9 Å². The fraction of sp³-hybridized carbons (Fsp3) is 0.364. The molecule has 0 aromatic heterocycles. The summed E-state index contributed by atoms with van der Waals surface area (Å²) in [5.74, 6) is -1.78. The minimum absolute atomic E-state index is 0.0217. The number of carbonyl (C=O) groups excluding carboxylic acids is 1.